The number of ketones is 1. The summed E-state index contributed by atoms with van der Waals surface area (Å²) in [5.74, 6) is 0.251. The van der Waals surface area contributed by atoms with E-state index in [4.69, 9.17) is 21.1 Å². The van der Waals surface area contributed by atoms with Crippen LogP contribution in [0, 0.1) is 10.1 Å². The van der Waals surface area contributed by atoms with Gasteiger partial charge in [-0.05, 0) is 37.3 Å². The highest BCUT2D eigenvalue weighted by Crippen LogP contribution is 2.32. The number of rotatable bonds is 8. The number of ether oxygens (including phenoxy) is 2. The van der Waals surface area contributed by atoms with E-state index in [0.29, 0.717) is 29.7 Å². The maximum absolute atomic E-state index is 11.4. The molecule has 0 aliphatic carbocycles. The van der Waals surface area contributed by atoms with Gasteiger partial charge in [0, 0.05) is 24.4 Å². The summed E-state index contributed by atoms with van der Waals surface area (Å²) in [6.07, 6.45) is 0. The van der Waals surface area contributed by atoms with Gasteiger partial charge in [-0.25, -0.2) is 0 Å². The number of nitro benzene ring substituents is 1. The molecule has 8 heteroatoms. The number of nitrogens with zero attached hydrogens (tertiary/aromatic N) is 1. The molecule has 0 aliphatic heterocycles. The average molecular weight is 365 g/mol. The van der Waals surface area contributed by atoms with E-state index in [0.717, 1.165) is 0 Å². The second kappa shape index (κ2) is 8.46. The van der Waals surface area contributed by atoms with Crippen LogP contribution in [0.25, 0.3) is 0 Å². The highest BCUT2D eigenvalue weighted by molar-refractivity contribution is 6.32. The van der Waals surface area contributed by atoms with Crippen molar-refractivity contribution in [3.8, 4) is 5.75 Å². The van der Waals surface area contributed by atoms with Gasteiger partial charge in [0.15, 0.2) is 5.78 Å². The molecule has 0 radical (unpaired) electrons. The van der Waals surface area contributed by atoms with Crippen molar-refractivity contribution in [2.45, 2.75) is 6.92 Å². The van der Waals surface area contributed by atoms with E-state index in [1.807, 2.05) is 0 Å². The number of anilines is 2. The predicted molar refractivity (Wildman–Crippen MR) is 95.2 cm³/mol. The summed E-state index contributed by atoms with van der Waals surface area (Å²) >= 11 is 6.16. The minimum atomic E-state index is -0.543. The van der Waals surface area contributed by atoms with Crippen LogP contribution in [0.3, 0.4) is 0 Å². The Labute approximate surface area is 149 Å². The number of carbonyl (C=O) groups excluding carboxylic acids is 1. The zero-order valence-corrected chi connectivity index (χ0v) is 14.5. The van der Waals surface area contributed by atoms with Gasteiger partial charge < -0.3 is 14.8 Å². The highest BCUT2D eigenvalue weighted by atomic mass is 35.5. The molecule has 132 valence electrons. The maximum Gasteiger partial charge on any atom is 0.293 e. The van der Waals surface area contributed by atoms with Crippen LogP contribution in [0.15, 0.2) is 36.4 Å². The molecule has 7 nitrogen and oxygen atoms in total. The highest BCUT2D eigenvalue weighted by Gasteiger charge is 2.16. The lowest BCUT2D eigenvalue weighted by atomic mass is 10.1. The number of hydrogen-bond acceptors (Lipinski definition) is 6. The first-order chi connectivity index (χ1) is 11.9. The van der Waals surface area contributed by atoms with Crippen molar-refractivity contribution < 1.29 is 19.2 Å². The van der Waals surface area contributed by atoms with Crippen molar-refractivity contribution in [1.29, 1.82) is 0 Å². The first kappa shape index (κ1) is 18.7. The minimum absolute atomic E-state index is 0.191. The Kier molecular flexibility index (Phi) is 6.32. The fourth-order valence-corrected chi connectivity index (χ4v) is 2.33. The normalized spacial score (nSPS) is 10.4. The van der Waals surface area contributed by atoms with Crippen molar-refractivity contribution in [2.24, 2.45) is 0 Å². The van der Waals surface area contributed by atoms with Crippen molar-refractivity contribution in [3.05, 3.63) is 57.1 Å². The standard InChI is InChI=1S/C17H17ClN2O5/c1-11(21)12-3-5-15(16(9-12)20(22)23)19-13-4-6-17(14(18)10-13)25-8-7-24-2/h3-6,9-10,19H,7-8H2,1-2H3. The van der Waals surface area contributed by atoms with E-state index >= 15 is 0 Å². The molecule has 0 saturated carbocycles. The molecular formula is C17H17ClN2O5. The number of hydrogen-bond donors (Lipinski definition) is 1. The summed E-state index contributed by atoms with van der Waals surface area (Å²) in [7, 11) is 1.57. The smallest absolute Gasteiger partial charge is 0.293 e. The van der Waals surface area contributed by atoms with Gasteiger partial charge in [0.2, 0.25) is 0 Å². The van der Waals surface area contributed by atoms with Gasteiger partial charge >= 0.3 is 0 Å². The van der Waals surface area contributed by atoms with Gasteiger partial charge in [-0.2, -0.15) is 0 Å². The molecule has 2 aromatic rings. The molecule has 0 aliphatic rings. The SMILES string of the molecule is COCCOc1ccc(Nc2ccc(C(C)=O)cc2[N+](=O)[O-])cc1Cl. The Morgan fingerprint density at radius 3 is 2.60 bits per heavy atom. The van der Waals surface area contributed by atoms with Crippen LogP contribution in [0.2, 0.25) is 5.02 Å². The third kappa shape index (κ3) is 4.91. The number of Topliss-reactive ketones (excluding diaryl/α,β-unsaturated/α-hetero) is 1. The van der Waals surface area contributed by atoms with Gasteiger partial charge in [0.25, 0.3) is 5.69 Å². The Morgan fingerprint density at radius 1 is 1.24 bits per heavy atom. The number of nitrogens with one attached hydrogen (secondary N) is 1. The summed E-state index contributed by atoms with van der Waals surface area (Å²) in [5, 5.41) is 14.6. The van der Waals surface area contributed by atoms with Crippen molar-refractivity contribution in [1.82, 2.24) is 0 Å². The Balaban J connectivity index is 2.23. The minimum Gasteiger partial charge on any atom is -0.490 e. The summed E-state index contributed by atoms with van der Waals surface area (Å²) in [4.78, 5) is 22.1. The molecule has 0 fully saturated rings. The lowest BCUT2D eigenvalue weighted by Gasteiger charge is -2.11. The monoisotopic (exact) mass is 364 g/mol. The molecule has 1 N–H and O–H groups in total. The first-order valence-corrected chi connectivity index (χ1v) is 7.78. The van der Waals surface area contributed by atoms with Crippen molar-refractivity contribution >= 4 is 34.4 Å². The Bertz CT molecular complexity index is 795. The van der Waals surface area contributed by atoms with E-state index in [9.17, 15) is 14.9 Å². The summed E-state index contributed by atoms with van der Waals surface area (Å²) in [5.41, 5.74) is 0.906. The predicted octanol–water partition coefficient (Wildman–Crippen LogP) is 4.22. The van der Waals surface area contributed by atoms with Gasteiger partial charge in [-0.1, -0.05) is 11.6 Å². The summed E-state index contributed by atoms with van der Waals surface area (Å²) in [6, 6.07) is 9.22. The van der Waals surface area contributed by atoms with E-state index < -0.39 is 4.92 Å². The fourth-order valence-electron chi connectivity index (χ4n) is 2.09. The van der Waals surface area contributed by atoms with Gasteiger partial charge in [0.05, 0.1) is 16.6 Å². The van der Waals surface area contributed by atoms with Crippen LogP contribution >= 0.6 is 11.6 Å². The van der Waals surface area contributed by atoms with E-state index in [1.165, 1.54) is 25.1 Å². The molecule has 2 rings (SSSR count). The fraction of sp³-hybridized carbons (Fsp3) is 0.235. The maximum atomic E-state index is 11.4. The zero-order valence-electron chi connectivity index (χ0n) is 13.7. The van der Waals surface area contributed by atoms with Gasteiger partial charge in [0.1, 0.15) is 18.0 Å². The van der Waals surface area contributed by atoms with Crippen molar-refractivity contribution in [2.75, 3.05) is 25.6 Å². The number of carbonyl (C=O) groups is 1. The second-order valence-electron chi connectivity index (χ2n) is 5.16. The zero-order chi connectivity index (χ0) is 18.4. The van der Waals surface area contributed by atoms with Crippen LogP contribution in [-0.4, -0.2) is 31.0 Å². The topological polar surface area (TPSA) is 90.7 Å². The number of halogens is 1. The molecule has 0 saturated heterocycles. The first-order valence-electron chi connectivity index (χ1n) is 7.40. The molecule has 0 spiro atoms. The largest absolute Gasteiger partial charge is 0.490 e. The number of methoxy groups -OCH3 is 1. The second-order valence-corrected chi connectivity index (χ2v) is 5.56. The molecule has 25 heavy (non-hydrogen) atoms. The van der Waals surface area contributed by atoms with Gasteiger partial charge in [-0.3, -0.25) is 14.9 Å². The van der Waals surface area contributed by atoms with Gasteiger partial charge in [-0.15, -0.1) is 0 Å². The lowest BCUT2D eigenvalue weighted by molar-refractivity contribution is -0.383. The van der Waals surface area contributed by atoms with E-state index in [2.05, 4.69) is 5.32 Å². The molecule has 2 aromatic carbocycles. The average Bonchev–Trinajstić information content (AvgIpc) is 2.57. The third-order valence-corrected chi connectivity index (χ3v) is 3.65. The van der Waals surface area contributed by atoms with E-state index in [-0.39, 0.29) is 22.7 Å². The molecule has 0 bridgehead atoms. The van der Waals surface area contributed by atoms with Crippen LogP contribution in [0.1, 0.15) is 17.3 Å². The Hall–Kier alpha value is -2.64. The van der Waals surface area contributed by atoms with Crippen LogP contribution < -0.4 is 10.1 Å². The third-order valence-electron chi connectivity index (χ3n) is 3.36. The molecule has 0 amide bonds. The lowest BCUT2D eigenvalue weighted by Crippen LogP contribution is -2.04. The summed E-state index contributed by atoms with van der Waals surface area (Å²) < 4.78 is 10.4. The number of nitro groups is 1. The van der Waals surface area contributed by atoms with Crippen LogP contribution in [0.4, 0.5) is 17.1 Å². The Morgan fingerprint density at radius 2 is 2.00 bits per heavy atom. The molecular weight excluding hydrogens is 348 g/mol. The molecule has 0 atom stereocenters. The van der Waals surface area contributed by atoms with Crippen LogP contribution in [0.5, 0.6) is 5.75 Å². The number of benzene rings is 2. The van der Waals surface area contributed by atoms with Crippen molar-refractivity contribution in [3.63, 3.8) is 0 Å². The van der Waals surface area contributed by atoms with Crippen LogP contribution in [-0.2, 0) is 4.74 Å². The quantitative estimate of drug-likeness (QED) is 0.326. The molecule has 0 unspecified atom stereocenters. The van der Waals surface area contributed by atoms with E-state index in [1.54, 1.807) is 25.3 Å². The molecule has 0 heterocycles. The summed E-state index contributed by atoms with van der Waals surface area (Å²) in [6.45, 7) is 2.15. The molecule has 0 aromatic heterocycles.